The van der Waals surface area contributed by atoms with Gasteiger partial charge in [0.25, 0.3) is 5.91 Å². The van der Waals surface area contributed by atoms with Crippen molar-refractivity contribution in [1.29, 1.82) is 0 Å². The number of hydrogen-bond donors (Lipinski definition) is 1. The van der Waals surface area contributed by atoms with Gasteiger partial charge in [-0.2, -0.15) is 0 Å². The summed E-state index contributed by atoms with van der Waals surface area (Å²) in [5.41, 5.74) is 2.52. The SMILES string of the molecule is O=C(Nc1ccc(CSc2ccc(Cl)cc2)cc1)c1ccc(Cl)cc1. The number of nitrogens with one attached hydrogen (secondary N) is 1. The molecule has 5 heteroatoms. The summed E-state index contributed by atoms with van der Waals surface area (Å²) in [6, 6.07) is 22.4. The molecule has 0 spiro atoms. The molecule has 0 atom stereocenters. The molecule has 0 saturated carbocycles. The maximum Gasteiger partial charge on any atom is 0.255 e. The summed E-state index contributed by atoms with van der Waals surface area (Å²) in [4.78, 5) is 13.4. The molecule has 0 bridgehead atoms. The minimum Gasteiger partial charge on any atom is -0.322 e. The standard InChI is InChI=1S/C20H15Cl2NOS/c21-16-5-3-15(4-6-16)20(24)23-18-9-1-14(2-10-18)13-25-19-11-7-17(22)8-12-19/h1-12H,13H2,(H,23,24). The Bertz CT molecular complexity index is 846. The van der Waals surface area contributed by atoms with Crippen molar-refractivity contribution in [3.8, 4) is 0 Å². The molecule has 0 fully saturated rings. The maximum absolute atomic E-state index is 12.2. The molecule has 1 N–H and O–H groups in total. The topological polar surface area (TPSA) is 29.1 Å². The predicted molar refractivity (Wildman–Crippen MR) is 107 cm³/mol. The highest BCUT2D eigenvalue weighted by Gasteiger charge is 2.06. The van der Waals surface area contributed by atoms with Crippen LogP contribution in [0.25, 0.3) is 0 Å². The van der Waals surface area contributed by atoms with E-state index in [9.17, 15) is 4.79 Å². The van der Waals surface area contributed by atoms with Crippen molar-refractivity contribution in [2.24, 2.45) is 0 Å². The lowest BCUT2D eigenvalue weighted by Gasteiger charge is -2.07. The molecule has 2 nitrogen and oxygen atoms in total. The lowest BCUT2D eigenvalue weighted by Crippen LogP contribution is -2.11. The first-order valence-electron chi connectivity index (χ1n) is 7.64. The van der Waals surface area contributed by atoms with E-state index in [1.54, 1.807) is 36.0 Å². The van der Waals surface area contributed by atoms with Gasteiger partial charge in [-0.25, -0.2) is 0 Å². The number of carbonyl (C=O) groups excluding carboxylic acids is 1. The lowest BCUT2D eigenvalue weighted by molar-refractivity contribution is 0.102. The molecular formula is C20H15Cl2NOS. The van der Waals surface area contributed by atoms with Crippen molar-refractivity contribution in [2.75, 3.05) is 5.32 Å². The number of benzene rings is 3. The van der Waals surface area contributed by atoms with E-state index in [-0.39, 0.29) is 5.91 Å². The van der Waals surface area contributed by atoms with E-state index in [0.717, 1.165) is 16.5 Å². The molecule has 3 rings (SSSR count). The fourth-order valence-corrected chi connectivity index (χ4v) is 3.29. The number of carbonyl (C=O) groups is 1. The fourth-order valence-electron chi connectivity index (χ4n) is 2.19. The highest BCUT2D eigenvalue weighted by atomic mass is 35.5. The average molecular weight is 388 g/mol. The van der Waals surface area contributed by atoms with Crippen LogP contribution in [-0.2, 0) is 5.75 Å². The van der Waals surface area contributed by atoms with Gasteiger partial charge < -0.3 is 5.32 Å². The molecule has 0 heterocycles. The molecule has 0 aromatic heterocycles. The van der Waals surface area contributed by atoms with Crippen molar-refractivity contribution >= 4 is 46.6 Å². The van der Waals surface area contributed by atoms with Crippen LogP contribution in [0.2, 0.25) is 10.0 Å². The number of amides is 1. The molecule has 0 aliphatic rings. The molecule has 25 heavy (non-hydrogen) atoms. The van der Waals surface area contributed by atoms with E-state index >= 15 is 0 Å². The van der Waals surface area contributed by atoms with Crippen LogP contribution in [0, 0.1) is 0 Å². The summed E-state index contributed by atoms with van der Waals surface area (Å²) >= 11 is 13.5. The van der Waals surface area contributed by atoms with Gasteiger partial charge in [0.1, 0.15) is 0 Å². The lowest BCUT2D eigenvalue weighted by atomic mass is 10.2. The molecule has 1 amide bonds. The Morgan fingerprint density at radius 3 is 1.96 bits per heavy atom. The van der Waals surface area contributed by atoms with Gasteiger partial charge >= 0.3 is 0 Å². The van der Waals surface area contributed by atoms with Gasteiger partial charge in [0.2, 0.25) is 0 Å². The first-order valence-corrected chi connectivity index (χ1v) is 9.38. The normalized spacial score (nSPS) is 10.5. The number of thioether (sulfide) groups is 1. The molecule has 0 saturated heterocycles. The van der Waals surface area contributed by atoms with E-state index in [1.807, 2.05) is 48.5 Å². The summed E-state index contributed by atoms with van der Waals surface area (Å²) < 4.78 is 0. The van der Waals surface area contributed by atoms with Crippen LogP contribution in [0.3, 0.4) is 0 Å². The second kappa shape index (κ2) is 8.43. The average Bonchev–Trinajstić information content (AvgIpc) is 2.63. The Hall–Kier alpha value is -1.94. The van der Waals surface area contributed by atoms with Crippen molar-refractivity contribution in [3.05, 3.63) is 94.0 Å². The molecule has 126 valence electrons. The smallest absolute Gasteiger partial charge is 0.255 e. The Morgan fingerprint density at radius 1 is 0.800 bits per heavy atom. The second-order valence-corrected chi connectivity index (χ2v) is 7.32. The predicted octanol–water partition coefficient (Wildman–Crippen LogP) is 6.54. The van der Waals surface area contributed by atoms with Crippen molar-refractivity contribution in [3.63, 3.8) is 0 Å². The van der Waals surface area contributed by atoms with E-state index in [4.69, 9.17) is 23.2 Å². The van der Waals surface area contributed by atoms with Gasteiger partial charge in [0.15, 0.2) is 0 Å². The molecular weight excluding hydrogens is 373 g/mol. The number of hydrogen-bond acceptors (Lipinski definition) is 2. The number of halogens is 2. The van der Waals surface area contributed by atoms with Gasteiger partial charge in [-0.3, -0.25) is 4.79 Å². The van der Waals surface area contributed by atoms with Crippen LogP contribution in [0.4, 0.5) is 5.69 Å². The van der Waals surface area contributed by atoms with Crippen LogP contribution < -0.4 is 5.32 Å². The van der Waals surface area contributed by atoms with Gasteiger partial charge in [-0.05, 0) is 66.2 Å². The highest BCUT2D eigenvalue weighted by Crippen LogP contribution is 2.25. The van der Waals surface area contributed by atoms with Gasteiger partial charge in [0, 0.05) is 31.9 Å². The minimum atomic E-state index is -0.153. The summed E-state index contributed by atoms with van der Waals surface area (Å²) in [6.45, 7) is 0. The van der Waals surface area contributed by atoms with Gasteiger partial charge in [-0.15, -0.1) is 11.8 Å². The van der Waals surface area contributed by atoms with E-state index in [1.165, 1.54) is 10.5 Å². The zero-order chi connectivity index (χ0) is 17.6. The first-order chi connectivity index (χ1) is 12.1. The summed E-state index contributed by atoms with van der Waals surface area (Å²) in [5, 5.41) is 4.23. The zero-order valence-electron chi connectivity index (χ0n) is 13.2. The van der Waals surface area contributed by atoms with Crippen LogP contribution in [-0.4, -0.2) is 5.91 Å². The third-order valence-electron chi connectivity index (χ3n) is 3.54. The largest absolute Gasteiger partial charge is 0.322 e. The molecule has 3 aromatic carbocycles. The maximum atomic E-state index is 12.2. The monoisotopic (exact) mass is 387 g/mol. The summed E-state index contributed by atoms with van der Waals surface area (Å²) in [7, 11) is 0. The highest BCUT2D eigenvalue weighted by molar-refractivity contribution is 7.98. The van der Waals surface area contributed by atoms with Crippen LogP contribution in [0.1, 0.15) is 15.9 Å². The third-order valence-corrected chi connectivity index (χ3v) is 5.12. The van der Waals surface area contributed by atoms with E-state index in [0.29, 0.717) is 10.6 Å². The quantitative estimate of drug-likeness (QED) is 0.503. The molecule has 0 aliphatic heterocycles. The van der Waals surface area contributed by atoms with E-state index in [2.05, 4.69) is 5.32 Å². The van der Waals surface area contributed by atoms with Crippen LogP contribution in [0.5, 0.6) is 0 Å². The Labute approximate surface area is 161 Å². The van der Waals surface area contributed by atoms with Crippen molar-refractivity contribution in [2.45, 2.75) is 10.6 Å². The number of rotatable bonds is 5. The Morgan fingerprint density at radius 2 is 1.36 bits per heavy atom. The molecule has 0 unspecified atom stereocenters. The fraction of sp³-hybridized carbons (Fsp3) is 0.0500. The molecule has 3 aromatic rings. The van der Waals surface area contributed by atoms with E-state index < -0.39 is 0 Å². The summed E-state index contributed by atoms with van der Waals surface area (Å²) in [5.74, 6) is 0.701. The summed E-state index contributed by atoms with van der Waals surface area (Å²) in [6.07, 6.45) is 0. The first kappa shape index (κ1) is 17.9. The Balaban J connectivity index is 1.57. The zero-order valence-corrected chi connectivity index (χ0v) is 15.5. The third kappa shape index (κ3) is 5.27. The van der Waals surface area contributed by atoms with Crippen LogP contribution >= 0.6 is 35.0 Å². The molecule has 0 aliphatic carbocycles. The second-order valence-electron chi connectivity index (χ2n) is 5.40. The van der Waals surface area contributed by atoms with Gasteiger partial charge in [-0.1, -0.05) is 35.3 Å². The van der Waals surface area contributed by atoms with Crippen LogP contribution in [0.15, 0.2) is 77.7 Å². The van der Waals surface area contributed by atoms with Crippen molar-refractivity contribution in [1.82, 2.24) is 0 Å². The van der Waals surface area contributed by atoms with Gasteiger partial charge in [0.05, 0.1) is 0 Å². The number of anilines is 1. The molecule has 0 radical (unpaired) electrons. The Kier molecular flexibility index (Phi) is 6.03. The van der Waals surface area contributed by atoms with Crippen molar-refractivity contribution < 1.29 is 4.79 Å². The minimum absolute atomic E-state index is 0.153.